The molecule has 0 radical (unpaired) electrons. The number of hydrogen-bond donors (Lipinski definition) is 1. The molecule has 0 fully saturated rings. The zero-order valence-corrected chi connectivity index (χ0v) is 10.6. The quantitative estimate of drug-likeness (QED) is 0.856. The van der Waals surface area contributed by atoms with Gasteiger partial charge in [0, 0.05) is 30.4 Å². The highest BCUT2D eigenvalue weighted by Gasteiger charge is 1.96. The van der Waals surface area contributed by atoms with Gasteiger partial charge in [0.2, 0.25) is 0 Å². The SMILES string of the molecule is Brc1ccc(CNCCn2cccn2)s1. The minimum absolute atomic E-state index is 0.916. The van der Waals surface area contributed by atoms with Gasteiger partial charge in [-0.3, -0.25) is 4.68 Å². The van der Waals surface area contributed by atoms with E-state index in [0.29, 0.717) is 0 Å². The summed E-state index contributed by atoms with van der Waals surface area (Å²) in [6, 6.07) is 6.15. The summed E-state index contributed by atoms with van der Waals surface area (Å²) >= 11 is 5.22. The lowest BCUT2D eigenvalue weighted by Crippen LogP contribution is -2.19. The fourth-order valence-corrected chi connectivity index (χ4v) is 2.74. The zero-order chi connectivity index (χ0) is 10.5. The first-order valence-corrected chi connectivity index (χ1v) is 6.38. The van der Waals surface area contributed by atoms with Crippen LogP contribution in [0.2, 0.25) is 0 Å². The second-order valence-corrected chi connectivity index (χ2v) is 5.70. The molecular formula is C10H12BrN3S. The van der Waals surface area contributed by atoms with Crippen molar-refractivity contribution in [3.8, 4) is 0 Å². The minimum atomic E-state index is 0.916. The molecule has 0 saturated heterocycles. The Labute approximate surface area is 101 Å². The van der Waals surface area contributed by atoms with Crippen LogP contribution in [0.5, 0.6) is 0 Å². The van der Waals surface area contributed by atoms with Crippen LogP contribution >= 0.6 is 27.3 Å². The summed E-state index contributed by atoms with van der Waals surface area (Å²) in [6.07, 6.45) is 3.78. The Morgan fingerprint density at radius 3 is 3.07 bits per heavy atom. The predicted octanol–water partition coefficient (Wildman–Crippen LogP) is 2.50. The van der Waals surface area contributed by atoms with E-state index in [-0.39, 0.29) is 0 Å². The van der Waals surface area contributed by atoms with Gasteiger partial charge in [-0.2, -0.15) is 5.10 Å². The van der Waals surface area contributed by atoms with Crippen molar-refractivity contribution in [2.24, 2.45) is 0 Å². The Morgan fingerprint density at radius 1 is 1.47 bits per heavy atom. The Morgan fingerprint density at radius 2 is 2.40 bits per heavy atom. The van der Waals surface area contributed by atoms with E-state index in [1.54, 1.807) is 17.5 Å². The van der Waals surface area contributed by atoms with Crippen LogP contribution in [0.4, 0.5) is 0 Å². The van der Waals surface area contributed by atoms with Crippen molar-refractivity contribution in [3.05, 3.63) is 39.3 Å². The molecule has 3 nitrogen and oxygen atoms in total. The molecule has 0 aromatic carbocycles. The second kappa shape index (κ2) is 5.44. The van der Waals surface area contributed by atoms with Crippen LogP contribution in [-0.4, -0.2) is 16.3 Å². The maximum absolute atomic E-state index is 4.14. The first kappa shape index (κ1) is 10.9. The molecular weight excluding hydrogens is 274 g/mol. The second-order valence-electron chi connectivity index (χ2n) is 3.15. The fourth-order valence-electron chi connectivity index (χ4n) is 1.28. The number of nitrogens with one attached hydrogen (secondary N) is 1. The molecule has 0 spiro atoms. The maximum Gasteiger partial charge on any atom is 0.0701 e. The Hall–Kier alpha value is -0.650. The first-order chi connectivity index (χ1) is 7.34. The van der Waals surface area contributed by atoms with Crippen molar-refractivity contribution < 1.29 is 0 Å². The van der Waals surface area contributed by atoms with Crippen molar-refractivity contribution in [2.45, 2.75) is 13.1 Å². The topological polar surface area (TPSA) is 29.9 Å². The smallest absolute Gasteiger partial charge is 0.0701 e. The lowest BCUT2D eigenvalue weighted by molar-refractivity contribution is 0.557. The Kier molecular flexibility index (Phi) is 3.94. The van der Waals surface area contributed by atoms with E-state index in [1.807, 2.05) is 16.9 Å². The summed E-state index contributed by atoms with van der Waals surface area (Å²) in [5, 5.41) is 7.52. The van der Waals surface area contributed by atoms with Crippen molar-refractivity contribution in [1.29, 1.82) is 0 Å². The molecule has 0 aliphatic rings. The summed E-state index contributed by atoms with van der Waals surface area (Å²) in [5.74, 6) is 0. The van der Waals surface area contributed by atoms with E-state index in [4.69, 9.17) is 0 Å². The molecule has 0 aliphatic heterocycles. The molecule has 0 unspecified atom stereocenters. The van der Waals surface area contributed by atoms with Crippen molar-refractivity contribution in [1.82, 2.24) is 15.1 Å². The molecule has 0 bridgehead atoms. The first-order valence-electron chi connectivity index (χ1n) is 4.77. The largest absolute Gasteiger partial charge is 0.310 e. The van der Waals surface area contributed by atoms with Gasteiger partial charge in [-0.15, -0.1) is 11.3 Å². The van der Waals surface area contributed by atoms with Crippen LogP contribution < -0.4 is 5.32 Å². The molecule has 0 saturated carbocycles. The summed E-state index contributed by atoms with van der Waals surface area (Å²) < 4.78 is 3.11. The molecule has 1 N–H and O–H groups in total. The summed E-state index contributed by atoms with van der Waals surface area (Å²) in [5.41, 5.74) is 0. The Bertz CT molecular complexity index is 396. The van der Waals surface area contributed by atoms with Crippen LogP contribution in [0.3, 0.4) is 0 Å². The van der Waals surface area contributed by atoms with Gasteiger partial charge in [0.1, 0.15) is 0 Å². The molecule has 80 valence electrons. The van der Waals surface area contributed by atoms with Crippen LogP contribution in [0.25, 0.3) is 0 Å². The molecule has 2 rings (SSSR count). The van der Waals surface area contributed by atoms with Crippen molar-refractivity contribution in [2.75, 3.05) is 6.54 Å². The Balaban J connectivity index is 1.67. The molecule has 5 heteroatoms. The molecule has 0 aliphatic carbocycles. The molecule has 2 aromatic heterocycles. The zero-order valence-electron chi connectivity index (χ0n) is 8.19. The molecule has 0 amide bonds. The van der Waals surface area contributed by atoms with Gasteiger partial charge in [0.05, 0.1) is 10.3 Å². The molecule has 15 heavy (non-hydrogen) atoms. The van der Waals surface area contributed by atoms with Crippen LogP contribution in [0.1, 0.15) is 4.88 Å². The molecule has 2 aromatic rings. The third-order valence-corrected chi connectivity index (χ3v) is 3.63. The highest BCUT2D eigenvalue weighted by molar-refractivity contribution is 9.11. The van der Waals surface area contributed by atoms with Gasteiger partial charge in [-0.25, -0.2) is 0 Å². The van der Waals surface area contributed by atoms with Crippen LogP contribution in [0, 0.1) is 0 Å². The summed E-state index contributed by atoms with van der Waals surface area (Å²) in [6.45, 7) is 2.79. The highest BCUT2D eigenvalue weighted by atomic mass is 79.9. The normalized spacial score (nSPS) is 10.7. The standard InChI is InChI=1S/C10H12BrN3S/c11-10-3-2-9(15-10)8-12-5-7-14-6-1-4-13-14/h1-4,6,12H,5,7-8H2. The lowest BCUT2D eigenvalue weighted by Gasteiger charge is -2.02. The van der Waals surface area contributed by atoms with E-state index in [9.17, 15) is 0 Å². The van der Waals surface area contributed by atoms with E-state index >= 15 is 0 Å². The van der Waals surface area contributed by atoms with Gasteiger partial charge in [-0.05, 0) is 34.1 Å². The van der Waals surface area contributed by atoms with Crippen molar-refractivity contribution in [3.63, 3.8) is 0 Å². The van der Waals surface area contributed by atoms with Crippen LogP contribution in [-0.2, 0) is 13.1 Å². The number of halogens is 1. The summed E-state index contributed by atoms with van der Waals surface area (Å²) in [7, 11) is 0. The van der Waals surface area contributed by atoms with Gasteiger partial charge in [0.25, 0.3) is 0 Å². The highest BCUT2D eigenvalue weighted by Crippen LogP contribution is 2.21. The third-order valence-electron chi connectivity index (χ3n) is 2.00. The fraction of sp³-hybridized carbons (Fsp3) is 0.300. The number of nitrogens with zero attached hydrogens (tertiary/aromatic N) is 2. The lowest BCUT2D eigenvalue weighted by atomic mass is 10.4. The molecule has 2 heterocycles. The van der Waals surface area contributed by atoms with Gasteiger partial charge in [-0.1, -0.05) is 0 Å². The average molecular weight is 286 g/mol. The van der Waals surface area contributed by atoms with Crippen LogP contribution in [0.15, 0.2) is 34.4 Å². The van der Waals surface area contributed by atoms with E-state index < -0.39 is 0 Å². The van der Waals surface area contributed by atoms with Crippen molar-refractivity contribution >= 4 is 27.3 Å². The van der Waals surface area contributed by atoms with E-state index in [0.717, 1.165) is 19.6 Å². The number of rotatable bonds is 5. The number of aromatic nitrogens is 2. The third kappa shape index (κ3) is 3.44. The molecule has 0 atom stereocenters. The number of hydrogen-bond acceptors (Lipinski definition) is 3. The average Bonchev–Trinajstić information content (AvgIpc) is 2.84. The predicted molar refractivity (Wildman–Crippen MR) is 66.0 cm³/mol. The maximum atomic E-state index is 4.14. The minimum Gasteiger partial charge on any atom is -0.310 e. The van der Waals surface area contributed by atoms with E-state index in [1.165, 1.54) is 8.66 Å². The van der Waals surface area contributed by atoms with Gasteiger partial charge in [0.15, 0.2) is 0 Å². The summed E-state index contributed by atoms with van der Waals surface area (Å²) in [4.78, 5) is 1.35. The van der Waals surface area contributed by atoms with Gasteiger partial charge < -0.3 is 5.32 Å². The monoisotopic (exact) mass is 285 g/mol. The van der Waals surface area contributed by atoms with E-state index in [2.05, 4.69) is 38.5 Å². The number of thiophene rings is 1. The van der Waals surface area contributed by atoms with Gasteiger partial charge >= 0.3 is 0 Å².